The molecule has 3 nitrogen and oxygen atoms in total. The summed E-state index contributed by atoms with van der Waals surface area (Å²) in [6.07, 6.45) is 1.18. The summed E-state index contributed by atoms with van der Waals surface area (Å²) in [5, 5.41) is 3.55. The SMILES string of the molecule is CCC(C(NC)c1ccccc1)N1CCN(C(C)C)CC1. The molecule has 0 radical (unpaired) electrons. The molecule has 0 bridgehead atoms. The van der Waals surface area contributed by atoms with Gasteiger partial charge in [-0.2, -0.15) is 0 Å². The number of nitrogens with zero attached hydrogens (tertiary/aromatic N) is 2. The normalized spacial score (nSPS) is 20.6. The average molecular weight is 289 g/mol. The lowest BCUT2D eigenvalue weighted by Crippen LogP contribution is -2.54. The van der Waals surface area contributed by atoms with Gasteiger partial charge in [0.2, 0.25) is 0 Å². The van der Waals surface area contributed by atoms with Crippen LogP contribution in [0.2, 0.25) is 0 Å². The zero-order valence-electron chi connectivity index (χ0n) is 14.0. The van der Waals surface area contributed by atoms with Crippen LogP contribution in [0.15, 0.2) is 30.3 Å². The molecule has 1 saturated heterocycles. The van der Waals surface area contributed by atoms with Crippen LogP contribution in [-0.2, 0) is 0 Å². The van der Waals surface area contributed by atoms with Gasteiger partial charge in [0, 0.05) is 44.3 Å². The van der Waals surface area contributed by atoms with Crippen LogP contribution in [0, 0.1) is 0 Å². The number of hydrogen-bond acceptors (Lipinski definition) is 3. The van der Waals surface area contributed by atoms with E-state index in [2.05, 4.69) is 73.3 Å². The maximum absolute atomic E-state index is 3.55. The molecule has 0 aliphatic carbocycles. The number of rotatable bonds is 6. The summed E-state index contributed by atoms with van der Waals surface area (Å²) in [5.41, 5.74) is 1.40. The van der Waals surface area contributed by atoms with Crippen molar-refractivity contribution in [3.8, 4) is 0 Å². The Balaban J connectivity index is 2.05. The third-order valence-electron chi connectivity index (χ3n) is 4.82. The molecule has 2 rings (SSSR count). The summed E-state index contributed by atoms with van der Waals surface area (Å²) < 4.78 is 0. The van der Waals surface area contributed by atoms with Crippen molar-refractivity contribution in [1.29, 1.82) is 0 Å². The predicted octanol–water partition coefficient (Wildman–Crippen LogP) is 2.75. The highest BCUT2D eigenvalue weighted by Gasteiger charge is 2.29. The van der Waals surface area contributed by atoms with Crippen molar-refractivity contribution in [1.82, 2.24) is 15.1 Å². The Bertz CT molecular complexity index is 396. The molecule has 1 aromatic carbocycles. The van der Waals surface area contributed by atoms with E-state index in [0.717, 1.165) is 0 Å². The van der Waals surface area contributed by atoms with E-state index in [1.165, 1.54) is 38.2 Å². The van der Waals surface area contributed by atoms with E-state index in [9.17, 15) is 0 Å². The molecule has 1 aromatic rings. The van der Waals surface area contributed by atoms with Crippen molar-refractivity contribution in [2.24, 2.45) is 0 Å². The highest BCUT2D eigenvalue weighted by molar-refractivity contribution is 5.20. The second-order valence-corrected chi connectivity index (χ2v) is 6.32. The Morgan fingerprint density at radius 3 is 2.05 bits per heavy atom. The maximum atomic E-state index is 3.55. The molecule has 3 heteroatoms. The largest absolute Gasteiger partial charge is 0.312 e. The Kier molecular flexibility index (Phi) is 6.22. The molecule has 118 valence electrons. The Morgan fingerprint density at radius 2 is 1.57 bits per heavy atom. The van der Waals surface area contributed by atoms with E-state index < -0.39 is 0 Å². The molecule has 1 aliphatic rings. The average Bonchev–Trinajstić information content (AvgIpc) is 2.53. The van der Waals surface area contributed by atoms with Crippen LogP contribution in [0.1, 0.15) is 38.8 Å². The van der Waals surface area contributed by atoms with Gasteiger partial charge in [-0.25, -0.2) is 0 Å². The molecule has 1 aliphatic heterocycles. The number of likely N-dealkylation sites (N-methyl/N-ethyl adjacent to an activating group) is 1. The second kappa shape index (κ2) is 7.92. The lowest BCUT2D eigenvalue weighted by atomic mass is 9.95. The van der Waals surface area contributed by atoms with Crippen LogP contribution in [0.25, 0.3) is 0 Å². The second-order valence-electron chi connectivity index (χ2n) is 6.32. The van der Waals surface area contributed by atoms with Gasteiger partial charge in [0.05, 0.1) is 0 Å². The molecule has 0 aromatic heterocycles. The van der Waals surface area contributed by atoms with Gasteiger partial charge in [0.1, 0.15) is 0 Å². The van der Waals surface area contributed by atoms with Gasteiger partial charge in [-0.05, 0) is 32.9 Å². The molecular weight excluding hydrogens is 258 g/mol. The van der Waals surface area contributed by atoms with E-state index in [-0.39, 0.29) is 0 Å². The summed E-state index contributed by atoms with van der Waals surface area (Å²) in [6.45, 7) is 11.7. The quantitative estimate of drug-likeness (QED) is 0.869. The Hall–Kier alpha value is -0.900. The molecule has 0 amide bonds. The summed E-state index contributed by atoms with van der Waals surface area (Å²) in [6, 6.07) is 12.5. The molecule has 0 spiro atoms. The van der Waals surface area contributed by atoms with Crippen LogP contribution in [0.5, 0.6) is 0 Å². The van der Waals surface area contributed by atoms with Crippen molar-refractivity contribution in [2.45, 2.75) is 45.3 Å². The molecule has 21 heavy (non-hydrogen) atoms. The minimum absolute atomic E-state index is 0.418. The van der Waals surface area contributed by atoms with Gasteiger partial charge in [-0.3, -0.25) is 9.80 Å². The first-order chi connectivity index (χ1) is 10.2. The van der Waals surface area contributed by atoms with E-state index in [0.29, 0.717) is 18.1 Å². The number of nitrogens with one attached hydrogen (secondary N) is 1. The highest BCUT2D eigenvalue weighted by atomic mass is 15.3. The van der Waals surface area contributed by atoms with Crippen LogP contribution >= 0.6 is 0 Å². The predicted molar refractivity (Wildman–Crippen MR) is 90.6 cm³/mol. The molecule has 0 saturated carbocycles. The standard InChI is InChI=1S/C18H31N3/c1-5-17(18(19-4)16-9-7-6-8-10-16)21-13-11-20(12-14-21)15(2)3/h6-10,15,17-19H,5,11-14H2,1-4H3. The van der Waals surface area contributed by atoms with Crippen LogP contribution in [-0.4, -0.2) is 55.1 Å². The van der Waals surface area contributed by atoms with Gasteiger partial charge >= 0.3 is 0 Å². The zero-order chi connectivity index (χ0) is 15.2. The minimum atomic E-state index is 0.418. The zero-order valence-corrected chi connectivity index (χ0v) is 14.0. The topological polar surface area (TPSA) is 18.5 Å². The third-order valence-corrected chi connectivity index (χ3v) is 4.82. The maximum Gasteiger partial charge on any atom is 0.0475 e. The number of piperazine rings is 1. The van der Waals surface area contributed by atoms with Crippen molar-refractivity contribution in [3.63, 3.8) is 0 Å². The molecule has 1 heterocycles. The Labute approximate surface area is 130 Å². The van der Waals surface area contributed by atoms with E-state index in [1.807, 2.05) is 0 Å². The number of benzene rings is 1. The fraction of sp³-hybridized carbons (Fsp3) is 0.667. The monoisotopic (exact) mass is 289 g/mol. The van der Waals surface area contributed by atoms with Gasteiger partial charge in [0.15, 0.2) is 0 Å². The van der Waals surface area contributed by atoms with Crippen LogP contribution < -0.4 is 5.32 Å². The van der Waals surface area contributed by atoms with Gasteiger partial charge in [-0.15, -0.1) is 0 Å². The van der Waals surface area contributed by atoms with Crippen molar-refractivity contribution < 1.29 is 0 Å². The lowest BCUT2D eigenvalue weighted by molar-refractivity contribution is 0.0627. The molecular formula is C18H31N3. The van der Waals surface area contributed by atoms with Crippen molar-refractivity contribution >= 4 is 0 Å². The van der Waals surface area contributed by atoms with Gasteiger partial charge < -0.3 is 5.32 Å². The third kappa shape index (κ3) is 4.06. The lowest BCUT2D eigenvalue weighted by Gasteiger charge is -2.43. The minimum Gasteiger partial charge on any atom is -0.312 e. The smallest absolute Gasteiger partial charge is 0.0475 e. The first-order valence-corrected chi connectivity index (χ1v) is 8.37. The van der Waals surface area contributed by atoms with Crippen molar-refractivity contribution in [3.05, 3.63) is 35.9 Å². The Morgan fingerprint density at radius 1 is 1.00 bits per heavy atom. The van der Waals surface area contributed by atoms with Crippen LogP contribution in [0.3, 0.4) is 0 Å². The van der Waals surface area contributed by atoms with E-state index >= 15 is 0 Å². The molecule has 2 unspecified atom stereocenters. The van der Waals surface area contributed by atoms with Gasteiger partial charge in [-0.1, -0.05) is 37.3 Å². The summed E-state index contributed by atoms with van der Waals surface area (Å²) in [7, 11) is 2.09. The van der Waals surface area contributed by atoms with Crippen molar-refractivity contribution in [2.75, 3.05) is 33.2 Å². The number of hydrogen-bond donors (Lipinski definition) is 1. The molecule has 2 atom stereocenters. The summed E-state index contributed by atoms with van der Waals surface area (Å²) in [4.78, 5) is 5.26. The van der Waals surface area contributed by atoms with Gasteiger partial charge in [0.25, 0.3) is 0 Å². The molecule has 1 N–H and O–H groups in total. The van der Waals surface area contributed by atoms with E-state index in [4.69, 9.17) is 0 Å². The first kappa shape index (κ1) is 16.5. The fourth-order valence-electron chi connectivity index (χ4n) is 3.53. The van der Waals surface area contributed by atoms with Crippen LogP contribution in [0.4, 0.5) is 0 Å². The fourth-order valence-corrected chi connectivity index (χ4v) is 3.53. The summed E-state index contributed by atoms with van der Waals surface area (Å²) in [5.74, 6) is 0. The first-order valence-electron chi connectivity index (χ1n) is 8.37. The molecule has 1 fully saturated rings. The summed E-state index contributed by atoms with van der Waals surface area (Å²) >= 11 is 0. The van der Waals surface area contributed by atoms with E-state index in [1.54, 1.807) is 0 Å². The highest BCUT2D eigenvalue weighted by Crippen LogP contribution is 2.24.